The van der Waals surface area contributed by atoms with E-state index < -0.39 is 0 Å². The first-order chi connectivity index (χ1) is 8.33. The van der Waals surface area contributed by atoms with Crippen molar-refractivity contribution < 1.29 is 4.74 Å². The summed E-state index contributed by atoms with van der Waals surface area (Å²) in [6.45, 7) is 3.90. The fourth-order valence-electron chi connectivity index (χ4n) is 2.38. The minimum atomic E-state index is 0.668. The van der Waals surface area contributed by atoms with Crippen molar-refractivity contribution in [1.29, 1.82) is 0 Å². The van der Waals surface area contributed by atoms with E-state index in [4.69, 9.17) is 4.74 Å². The second-order valence-electron chi connectivity index (χ2n) is 4.59. The lowest BCUT2D eigenvalue weighted by atomic mass is 10.1. The molecule has 1 atom stereocenters. The van der Waals surface area contributed by atoms with E-state index in [9.17, 15) is 0 Å². The van der Waals surface area contributed by atoms with Crippen LogP contribution in [0.4, 0.5) is 5.69 Å². The standard InChI is InChI=1S/C13H21N3O/c1-14-8-12-7-13(3-5-15-12)16-6-4-11(9-16)10-17-2/h3,5,7,11,14H,4,6,8-10H2,1-2H3. The van der Waals surface area contributed by atoms with Gasteiger partial charge in [-0.05, 0) is 25.6 Å². The average Bonchev–Trinajstić information content (AvgIpc) is 2.79. The lowest BCUT2D eigenvalue weighted by Crippen LogP contribution is -2.21. The molecule has 0 aromatic carbocycles. The second-order valence-corrected chi connectivity index (χ2v) is 4.59. The van der Waals surface area contributed by atoms with Crippen LogP contribution in [0.3, 0.4) is 0 Å². The third-order valence-electron chi connectivity index (χ3n) is 3.21. The Morgan fingerprint density at radius 3 is 3.24 bits per heavy atom. The molecule has 1 saturated heterocycles. The molecule has 0 bridgehead atoms. The van der Waals surface area contributed by atoms with Crippen LogP contribution in [0.1, 0.15) is 12.1 Å². The maximum atomic E-state index is 5.22. The van der Waals surface area contributed by atoms with Gasteiger partial charge in [0.1, 0.15) is 0 Å². The quantitative estimate of drug-likeness (QED) is 0.834. The number of aromatic nitrogens is 1. The van der Waals surface area contributed by atoms with Crippen LogP contribution in [0.15, 0.2) is 18.3 Å². The van der Waals surface area contributed by atoms with Crippen molar-refractivity contribution in [2.24, 2.45) is 5.92 Å². The number of nitrogens with one attached hydrogen (secondary N) is 1. The number of nitrogens with zero attached hydrogens (tertiary/aromatic N) is 2. The first kappa shape index (κ1) is 12.3. The van der Waals surface area contributed by atoms with E-state index >= 15 is 0 Å². The zero-order valence-corrected chi connectivity index (χ0v) is 10.6. The first-order valence-electron chi connectivity index (χ1n) is 6.17. The number of ether oxygens (including phenoxy) is 1. The molecule has 0 amide bonds. The van der Waals surface area contributed by atoms with Crippen LogP contribution in [-0.4, -0.2) is 38.8 Å². The van der Waals surface area contributed by atoms with Crippen LogP contribution < -0.4 is 10.2 Å². The van der Waals surface area contributed by atoms with Crippen LogP contribution in [0.5, 0.6) is 0 Å². The van der Waals surface area contributed by atoms with E-state index in [1.54, 1.807) is 7.11 Å². The molecular weight excluding hydrogens is 214 g/mol. The molecule has 1 fully saturated rings. The number of hydrogen-bond donors (Lipinski definition) is 1. The largest absolute Gasteiger partial charge is 0.384 e. The Balaban J connectivity index is 2.00. The molecule has 4 heteroatoms. The molecule has 0 radical (unpaired) electrons. The molecule has 0 saturated carbocycles. The van der Waals surface area contributed by atoms with E-state index in [1.807, 2.05) is 13.2 Å². The lowest BCUT2D eigenvalue weighted by molar-refractivity contribution is 0.161. The van der Waals surface area contributed by atoms with Gasteiger partial charge >= 0.3 is 0 Å². The van der Waals surface area contributed by atoms with E-state index in [0.29, 0.717) is 5.92 Å². The summed E-state index contributed by atoms with van der Waals surface area (Å²) in [6, 6.07) is 4.26. The Bertz CT molecular complexity index is 356. The summed E-state index contributed by atoms with van der Waals surface area (Å²) in [5.74, 6) is 0.668. The molecular formula is C13H21N3O. The van der Waals surface area contributed by atoms with Gasteiger partial charge in [-0.25, -0.2) is 0 Å². The smallest absolute Gasteiger partial charge is 0.0562 e. The van der Waals surface area contributed by atoms with Crippen LogP contribution >= 0.6 is 0 Å². The summed E-state index contributed by atoms with van der Waals surface area (Å²) in [4.78, 5) is 6.76. The van der Waals surface area contributed by atoms with Crippen LogP contribution in [-0.2, 0) is 11.3 Å². The van der Waals surface area contributed by atoms with Gasteiger partial charge in [0.05, 0.1) is 12.3 Å². The Morgan fingerprint density at radius 1 is 1.59 bits per heavy atom. The fraction of sp³-hybridized carbons (Fsp3) is 0.615. The summed E-state index contributed by atoms with van der Waals surface area (Å²) >= 11 is 0. The van der Waals surface area contributed by atoms with Gasteiger partial charge in [-0.15, -0.1) is 0 Å². The molecule has 17 heavy (non-hydrogen) atoms. The molecule has 1 aliphatic rings. The predicted octanol–water partition coefficient (Wildman–Crippen LogP) is 1.27. The van der Waals surface area contributed by atoms with Crippen molar-refractivity contribution in [3.63, 3.8) is 0 Å². The van der Waals surface area contributed by atoms with E-state index in [2.05, 4.69) is 27.3 Å². The minimum Gasteiger partial charge on any atom is -0.384 e. The van der Waals surface area contributed by atoms with Gasteiger partial charge in [0.2, 0.25) is 0 Å². The topological polar surface area (TPSA) is 37.4 Å². The molecule has 1 N–H and O–H groups in total. The molecule has 1 unspecified atom stereocenters. The van der Waals surface area contributed by atoms with Crippen molar-refractivity contribution in [1.82, 2.24) is 10.3 Å². The van der Waals surface area contributed by atoms with Crippen molar-refractivity contribution in [3.8, 4) is 0 Å². The highest BCUT2D eigenvalue weighted by Crippen LogP contribution is 2.23. The van der Waals surface area contributed by atoms with E-state index in [-0.39, 0.29) is 0 Å². The van der Waals surface area contributed by atoms with Crippen LogP contribution in [0, 0.1) is 5.92 Å². The van der Waals surface area contributed by atoms with E-state index in [0.717, 1.165) is 31.9 Å². The summed E-state index contributed by atoms with van der Waals surface area (Å²) in [6.07, 6.45) is 3.11. The summed E-state index contributed by atoms with van der Waals surface area (Å²) in [5, 5.41) is 3.13. The van der Waals surface area contributed by atoms with Crippen molar-refractivity contribution in [3.05, 3.63) is 24.0 Å². The Kier molecular flexibility index (Phi) is 4.34. The number of hydrogen-bond acceptors (Lipinski definition) is 4. The molecule has 4 nitrogen and oxygen atoms in total. The van der Waals surface area contributed by atoms with Crippen molar-refractivity contribution >= 4 is 5.69 Å². The third kappa shape index (κ3) is 3.17. The van der Waals surface area contributed by atoms with Gasteiger partial charge < -0.3 is 15.0 Å². The van der Waals surface area contributed by atoms with Gasteiger partial charge in [0.15, 0.2) is 0 Å². The van der Waals surface area contributed by atoms with Crippen LogP contribution in [0.25, 0.3) is 0 Å². The van der Waals surface area contributed by atoms with Crippen molar-refractivity contribution in [2.45, 2.75) is 13.0 Å². The lowest BCUT2D eigenvalue weighted by Gasteiger charge is -2.19. The molecule has 2 heterocycles. The first-order valence-corrected chi connectivity index (χ1v) is 6.17. The molecule has 1 aliphatic heterocycles. The number of methoxy groups -OCH3 is 1. The van der Waals surface area contributed by atoms with Gasteiger partial charge in [-0.3, -0.25) is 4.98 Å². The normalized spacial score (nSPS) is 19.9. The maximum absolute atomic E-state index is 5.22. The fourth-order valence-corrected chi connectivity index (χ4v) is 2.38. The molecule has 0 spiro atoms. The zero-order valence-electron chi connectivity index (χ0n) is 10.6. The van der Waals surface area contributed by atoms with Crippen LogP contribution in [0.2, 0.25) is 0 Å². The van der Waals surface area contributed by atoms with Crippen molar-refractivity contribution in [2.75, 3.05) is 38.8 Å². The molecule has 2 rings (SSSR count). The molecule has 94 valence electrons. The summed E-state index contributed by atoms with van der Waals surface area (Å²) in [7, 11) is 3.72. The highest BCUT2D eigenvalue weighted by Gasteiger charge is 2.22. The molecule has 0 aliphatic carbocycles. The third-order valence-corrected chi connectivity index (χ3v) is 3.21. The average molecular weight is 235 g/mol. The minimum absolute atomic E-state index is 0.668. The summed E-state index contributed by atoms with van der Waals surface area (Å²) < 4.78 is 5.22. The van der Waals surface area contributed by atoms with E-state index in [1.165, 1.54) is 12.1 Å². The number of anilines is 1. The van der Waals surface area contributed by atoms with Gasteiger partial charge in [0, 0.05) is 44.5 Å². The maximum Gasteiger partial charge on any atom is 0.0562 e. The highest BCUT2D eigenvalue weighted by molar-refractivity contribution is 5.47. The number of pyridine rings is 1. The van der Waals surface area contributed by atoms with Gasteiger partial charge in [-0.1, -0.05) is 0 Å². The Morgan fingerprint density at radius 2 is 2.47 bits per heavy atom. The molecule has 1 aromatic rings. The van der Waals surface area contributed by atoms with Gasteiger partial charge in [0.25, 0.3) is 0 Å². The predicted molar refractivity (Wildman–Crippen MR) is 69.2 cm³/mol. The Labute approximate surface area is 103 Å². The van der Waals surface area contributed by atoms with Gasteiger partial charge in [-0.2, -0.15) is 0 Å². The summed E-state index contributed by atoms with van der Waals surface area (Å²) in [5.41, 5.74) is 2.38. The Hall–Kier alpha value is -1.13. The number of rotatable bonds is 5. The highest BCUT2D eigenvalue weighted by atomic mass is 16.5. The zero-order chi connectivity index (χ0) is 12.1. The monoisotopic (exact) mass is 235 g/mol. The SMILES string of the molecule is CNCc1cc(N2CCC(COC)C2)ccn1. The second kappa shape index (κ2) is 5.98. The molecule has 1 aromatic heterocycles.